The van der Waals surface area contributed by atoms with E-state index in [9.17, 15) is 8.78 Å². The molecule has 6 nitrogen and oxygen atoms in total. The molecule has 0 bridgehead atoms. The lowest BCUT2D eigenvalue weighted by molar-refractivity contribution is -0.0472. The van der Waals surface area contributed by atoms with Crippen molar-refractivity contribution in [2.75, 3.05) is 0 Å². The summed E-state index contributed by atoms with van der Waals surface area (Å²) in [6.07, 6.45) is 8.83. The van der Waals surface area contributed by atoms with Gasteiger partial charge in [0.15, 0.2) is 0 Å². The minimum Gasteiger partial charge on any atom is -0.361 e. The van der Waals surface area contributed by atoms with Crippen LogP contribution < -0.4 is 0 Å². The maximum Gasteiger partial charge on any atom is 0.248 e. The number of rotatable bonds is 5. The third kappa shape index (κ3) is 3.89. The summed E-state index contributed by atoms with van der Waals surface area (Å²) >= 11 is 0. The molecule has 8 heteroatoms. The lowest BCUT2D eigenvalue weighted by Crippen LogP contribution is -2.26. The van der Waals surface area contributed by atoms with Crippen molar-refractivity contribution in [3.63, 3.8) is 0 Å². The van der Waals surface area contributed by atoms with Gasteiger partial charge in [-0.15, -0.1) is 0 Å². The fraction of sp³-hybridized carbons (Fsp3) is 0.462. The van der Waals surface area contributed by atoms with Crippen LogP contribution in [0.5, 0.6) is 0 Å². The number of aromatic nitrogens is 5. The van der Waals surface area contributed by atoms with Crippen LogP contribution in [0.3, 0.4) is 0 Å². The third-order valence-corrected chi connectivity index (χ3v) is 6.93. The maximum absolute atomic E-state index is 13.9. The van der Waals surface area contributed by atoms with E-state index in [1.54, 1.807) is 29.4 Å². The summed E-state index contributed by atoms with van der Waals surface area (Å²) in [6.45, 7) is 1.78. The van der Waals surface area contributed by atoms with Crippen LogP contribution in [-0.4, -0.2) is 30.6 Å². The molecule has 0 saturated heterocycles. The second-order valence-electron chi connectivity index (χ2n) is 9.57. The average molecular weight is 466 g/mol. The van der Waals surface area contributed by atoms with Gasteiger partial charge in [0.25, 0.3) is 0 Å². The highest BCUT2D eigenvalue weighted by Gasteiger charge is 2.35. The highest BCUT2D eigenvalue weighted by atomic mass is 19.3. The van der Waals surface area contributed by atoms with Crippen LogP contribution in [0.2, 0.25) is 0 Å². The van der Waals surface area contributed by atoms with Crippen molar-refractivity contribution in [2.24, 2.45) is 5.92 Å². The molecule has 4 heterocycles. The highest BCUT2D eigenvalue weighted by Crippen LogP contribution is 2.40. The van der Waals surface area contributed by atoms with Gasteiger partial charge in [0.1, 0.15) is 11.6 Å². The molecule has 2 saturated carbocycles. The van der Waals surface area contributed by atoms with Crippen LogP contribution in [0.4, 0.5) is 8.78 Å². The first-order chi connectivity index (χ1) is 17.1. The molecule has 2 fully saturated rings. The smallest absolute Gasteiger partial charge is 0.248 e. The van der Waals surface area contributed by atoms with Crippen LogP contribution in [0.25, 0.3) is 33.3 Å². The van der Waals surface area contributed by atoms with Crippen molar-refractivity contribution in [3.8, 4) is 22.3 Å². The number of hydrogen-bond acceptors (Lipinski definition) is 5. The molecule has 2 aliphatic carbocycles. The lowest BCUT2D eigenvalue weighted by atomic mass is 9.87. The Morgan fingerprint density at radius 1 is 1.06 bits per heavy atom. The Bertz CT molecular complexity index is 1410. The first-order valence-electron chi connectivity index (χ1n) is 12.8. The SMILES string of the molecule is [2H]C([2H])(C1CCC(F)(F)CC1)n1cc(-c2cnc(C3CC3)nc2)c2ncc(-c3c(C)noc3C)cc21. The molecule has 0 aliphatic heterocycles. The highest BCUT2D eigenvalue weighted by molar-refractivity contribution is 5.94. The summed E-state index contributed by atoms with van der Waals surface area (Å²) in [5, 5.41) is 4.04. The molecular weight excluding hydrogens is 436 g/mol. The van der Waals surface area contributed by atoms with Crippen molar-refractivity contribution in [1.29, 1.82) is 0 Å². The fourth-order valence-electron chi connectivity index (χ4n) is 4.85. The molecule has 0 N–H and O–H groups in total. The van der Waals surface area contributed by atoms with E-state index in [-0.39, 0.29) is 25.7 Å². The van der Waals surface area contributed by atoms with E-state index in [4.69, 9.17) is 12.2 Å². The Hall–Kier alpha value is -3.16. The summed E-state index contributed by atoms with van der Waals surface area (Å²) in [7, 11) is 0. The molecular formula is C26H27F2N5O. The minimum atomic E-state index is -2.73. The van der Waals surface area contributed by atoms with E-state index < -0.39 is 18.3 Å². The fourth-order valence-corrected chi connectivity index (χ4v) is 4.85. The Morgan fingerprint density at radius 2 is 1.76 bits per heavy atom. The van der Waals surface area contributed by atoms with E-state index >= 15 is 0 Å². The lowest BCUT2D eigenvalue weighted by Gasteiger charge is -2.28. The van der Waals surface area contributed by atoms with Crippen molar-refractivity contribution in [2.45, 2.75) is 70.7 Å². The zero-order valence-corrected chi connectivity index (χ0v) is 19.2. The van der Waals surface area contributed by atoms with E-state index in [1.807, 2.05) is 19.9 Å². The molecule has 0 amide bonds. The maximum atomic E-state index is 13.9. The molecule has 0 unspecified atom stereocenters. The quantitative estimate of drug-likeness (QED) is 0.338. The molecule has 2 aliphatic rings. The van der Waals surface area contributed by atoms with Crippen molar-refractivity contribution < 1.29 is 16.0 Å². The van der Waals surface area contributed by atoms with E-state index in [0.717, 1.165) is 35.4 Å². The Kier molecular flexibility index (Phi) is 4.49. The van der Waals surface area contributed by atoms with Gasteiger partial charge in [-0.05, 0) is 51.5 Å². The second-order valence-corrected chi connectivity index (χ2v) is 9.57. The van der Waals surface area contributed by atoms with E-state index in [0.29, 0.717) is 34.0 Å². The van der Waals surface area contributed by atoms with Crippen molar-refractivity contribution in [1.82, 2.24) is 24.7 Å². The number of fused-ring (bicyclic) bond motifs is 1. The van der Waals surface area contributed by atoms with E-state index in [2.05, 4.69) is 15.1 Å². The largest absolute Gasteiger partial charge is 0.361 e. The van der Waals surface area contributed by atoms with Crippen LogP contribution in [0.15, 0.2) is 35.4 Å². The summed E-state index contributed by atoms with van der Waals surface area (Å²) in [5.74, 6) is -1.37. The van der Waals surface area contributed by atoms with Gasteiger partial charge in [0.2, 0.25) is 5.92 Å². The van der Waals surface area contributed by atoms with Gasteiger partial charge in [-0.3, -0.25) is 4.98 Å². The standard InChI is InChI=1S/C26H27F2N5O/c1-15-23(16(2)34-32-15)19-9-22-24(29-10-19)21(20-11-30-25(31-12-20)18-3-4-18)14-33(22)13-17-5-7-26(27,28)8-6-17/h9-12,14,17-18H,3-8,13H2,1-2H3/i13D2. The van der Waals surface area contributed by atoms with Crippen LogP contribution in [0.1, 0.15) is 64.5 Å². The Balaban J connectivity index is 1.49. The monoisotopic (exact) mass is 465 g/mol. The number of nitrogens with zero attached hydrogens (tertiary/aromatic N) is 5. The van der Waals surface area contributed by atoms with Gasteiger partial charge in [0.05, 0.1) is 19.5 Å². The summed E-state index contributed by atoms with van der Waals surface area (Å²) in [4.78, 5) is 13.8. The van der Waals surface area contributed by atoms with Gasteiger partial charge < -0.3 is 9.09 Å². The molecule has 0 radical (unpaired) electrons. The number of alkyl halides is 2. The van der Waals surface area contributed by atoms with Crippen LogP contribution >= 0.6 is 0 Å². The topological polar surface area (TPSA) is 69.6 Å². The number of halogens is 2. The number of hydrogen-bond donors (Lipinski definition) is 0. The second kappa shape index (κ2) is 7.96. The Morgan fingerprint density at radius 3 is 2.41 bits per heavy atom. The van der Waals surface area contributed by atoms with Gasteiger partial charge in [-0.2, -0.15) is 0 Å². The first kappa shape index (κ1) is 19.2. The predicted molar refractivity (Wildman–Crippen MR) is 125 cm³/mol. The molecule has 0 aromatic carbocycles. The van der Waals surface area contributed by atoms with Gasteiger partial charge in [0, 0.05) is 72.3 Å². The predicted octanol–water partition coefficient (Wildman–Crippen LogP) is 6.47. The molecule has 0 atom stereocenters. The Labute approximate surface area is 199 Å². The number of pyridine rings is 1. The van der Waals surface area contributed by atoms with Crippen molar-refractivity contribution >= 4 is 11.0 Å². The molecule has 176 valence electrons. The zero-order valence-electron chi connectivity index (χ0n) is 21.2. The number of aryl methyl sites for hydroxylation is 2. The van der Waals surface area contributed by atoms with Crippen molar-refractivity contribution in [3.05, 3.63) is 48.1 Å². The molecule has 4 aromatic rings. The zero-order chi connectivity index (χ0) is 25.2. The molecule has 4 aromatic heterocycles. The summed E-state index contributed by atoms with van der Waals surface area (Å²) < 4.78 is 52.8. The average Bonchev–Trinajstić information content (AvgIpc) is 3.55. The minimum absolute atomic E-state index is 0.116. The van der Waals surface area contributed by atoms with Crippen LogP contribution in [0, 0.1) is 19.8 Å². The first-order valence-corrected chi connectivity index (χ1v) is 11.8. The van der Waals surface area contributed by atoms with Gasteiger partial charge >= 0.3 is 0 Å². The van der Waals surface area contributed by atoms with E-state index in [1.165, 1.54) is 0 Å². The summed E-state index contributed by atoms with van der Waals surface area (Å²) in [5.41, 5.74) is 4.93. The molecule has 6 rings (SSSR count). The molecule has 0 spiro atoms. The normalized spacial score (nSPS) is 19.9. The van der Waals surface area contributed by atoms with Gasteiger partial charge in [-0.25, -0.2) is 18.7 Å². The third-order valence-electron chi connectivity index (χ3n) is 6.93. The van der Waals surface area contributed by atoms with Gasteiger partial charge in [-0.1, -0.05) is 5.16 Å². The molecule has 34 heavy (non-hydrogen) atoms. The summed E-state index contributed by atoms with van der Waals surface area (Å²) in [6, 6.07) is 1.88. The van der Waals surface area contributed by atoms with Crippen LogP contribution in [-0.2, 0) is 6.50 Å².